The molecule has 0 saturated carbocycles. The summed E-state index contributed by atoms with van der Waals surface area (Å²) in [5.74, 6) is 0.960. The zero-order valence-corrected chi connectivity index (χ0v) is 13.7. The molecule has 5 heteroatoms. The third kappa shape index (κ3) is 5.05. The average Bonchev–Trinajstić information content (AvgIpc) is 2.58. The van der Waals surface area contributed by atoms with Crippen LogP contribution in [0, 0.1) is 6.92 Å². The van der Waals surface area contributed by atoms with Crippen LogP contribution in [-0.2, 0) is 4.79 Å². The third-order valence-electron chi connectivity index (χ3n) is 3.30. The fraction of sp³-hybridized carbons (Fsp3) is 0.211. The van der Waals surface area contributed by atoms with Crippen LogP contribution in [0.3, 0.4) is 0 Å². The fourth-order valence-electron chi connectivity index (χ4n) is 2.10. The Morgan fingerprint density at radius 2 is 1.75 bits per heavy atom. The minimum atomic E-state index is -0.998. The van der Waals surface area contributed by atoms with Gasteiger partial charge in [-0.1, -0.05) is 24.3 Å². The predicted octanol–water partition coefficient (Wildman–Crippen LogP) is 3.56. The van der Waals surface area contributed by atoms with E-state index < -0.39 is 5.97 Å². The molecular formula is C19H20O5. The number of carboxylic acid groups (broad SMARTS) is 1. The van der Waals surface area contributed by atoms with Gasteiger partial charge in [0.1, 0.15) is 19.0 Å². The lowest BCUT2D eigenvalue weighted by Gasteiger charge is -2.13. The van der Waals surface area contributed by atoms with E-state index in [1.807, 2.05) is 31.2 Å². The van der Waals surface area contributed by atoms with Gasteiger partial charge in [-0.2, -0.15) is 0 Å². The molecule has 0 radical (unpaired) electrons. The summed E-state index contributed by atoms with van der Waals surface area (Å²) in [6, 6.07) is 13.0. The van der Waals surface area contributed by atoms with Gasteiger partial charge in [0.2, 0.25) is 0 Å². The van der Waals surface area contributed by atoms with E-state index in [1.54, 1.807) is 18.2 Å². The van der Waals surface area contributed by atoms with Crippen molar-refractivity contribution in [2.75, 3.05) is 20.3 Å². The first-order chi connectivity index (χ1) is 11.6. The molecule has 0 fully saturated rings. The minimum Gasteiger partial charge on any atom is -0.493 e. The molecule has 0 aliphatic heterocycles. The molecule has 0 aliphatic carbocycles. The Morgan fingerprint density at radius 1 is 1.04 bits per heavy atom. The molecule has 24 heavy (non-hydrogen) atoms. The number of methoxy groups -OCH3 is 1. The van der Waals surface area contributed by atoms with E-state index in [9.17, 15) is 4.79 Å². The van der Waals surface area contributed by atoms with Gasteiger partial charge < -0.3 is 19.3 Å². The van der Waals surface area contributed by atoms with Crippen LogP contribution >= 0.6 is 0 Å². The SMILES string of the molecule is COc1cc(/C=C/C(=O)O)ccc1OCCOc1ccccc1C. The summed E-state index contributed by atoms with van der Waals surface area (Å²) in [7, 11) is 1.54. The molecule has 2 aromatic rings. The molecule has 0 saturated heterocycles. The summed E-state index contributed by atoms with van der Waals surface area (Å²) in [6.07, 6.45) is 2.57. The van der Waals surface area contributed by atoms with E-state index in [0.717, 1.165) is 23.0 Å². The van der Waals surface area contributed by atoms with Crippen LogP contribution in [0.15, 0.2) is 48.5 Å². The highest BCUT2D eigenvalue weighted by Gasteiger charge is 2.05. The second-order valence-electron chi connectivity index (χ2n) is 5.04. The molecule has 0 heterocycles. The van der Waals surface area contributed by atoms with Gasteiger partial charge >= 0.3 is 5.97 Å². The van der Waals surface area contributed by atoms with Crippen molar-refractivity contribution < 1.29 is 24.1 Å². The molecule has 0 spiro atoms. The van der Waals surface area contributed by atoms with Crippen LogP contribution in [0.4, 0.5) is 0 Å². The number of carbonyl (C=O) groups is 1. The molecule has 0 aromatic heterocycles. The lowest BCUT2D eigenvalue weighted by molar-refractivity contribution is -0.131. The van der Waals surface area contributed by atoms with Gasteiger partial charge in [0.05, 0.1) is 7.11 Å². The summed E-state index contributed by atoms with van der Waals surface area (Å²) < 4.78 is 16.6. The highest BCUT2D eigenvalue weighted by Crippen LogP contribution is 2.28. The fourth-order valence-corrected chi connectivity index (χ4v) is 2.10. The number of hydrogen-bond acceptors (Lipinski definition) is 4. The van der Waals surface area contributed by atoms with Gasteiger partial charge in [-0.15, -0.1) is 0 Å². The molecule has 5 nitrogen and oxygen atoms in total. The van der Waals surface area contributed by atoms with E-state index >= 15 is 0 Å². The van der Waals surface area contributed by atoms with Crippen LogP contribution in [0.2, 0.25) is 0 Å². The Bertz CT molecular complexity index is 721. The van der Waals surface area contributed by atoms with Crippen molar-refractivity contribution >= 4 is 12.0 Å². The van der Waals surface area contributed by atoms with Gasteiger partial charge in [-0.3, -0.25) is 0 Å². The van der Waals surface area contributed by atoms with E-state index in [2.05, 4.69) is 0 Å². The second-order valence-corrected chi connectivity index (χ2v) is 5.04. The smallest absolute Gasteiger partial charge is 0.328 e. The molecule has 0 unspecified atom stereocenters. The number of para-hydroxylation sites is 1. The number of benzene rings is 2. The molecular weight excluding hydrogens is 308 g/mol. The Hall–Kier alpha value is -2.95. The molecule has 2 rings (SSSR count). The minimum absolute atomic E-state index is 0.370. The Balaban J connectivity index is 1.92. The number of rotatable bonds is 8. The maximum Gasteiger partial charge on any atom is 0.328 e. The molecule has 0 amide bonds. The van der Waals surface area contributed by atoms with E-state index in [-0.39, 0.29) is 0 Å². The first kappa shape index (κ1) is 17.4. The first-order valence-corrected chi connectivity index (χ1v) is 7.50. The molecule has 0 aliphatic rings. The zero-order chi connectivity index (χ0) is 17.4. The van der Waals surface area contributed by atoms with E-state index in [4.69, 9.17) is 19.3 Å². The molecule has 0 bridgehead atoms. The summed E-state index contributed by atoms with van der Waals surface area (Å²) >= 11 is 0. The van der Waals surface area contributed by atoms with Crippen molar-refractivity contribution in [1.82, 2.24) is 0 Å². The van der Waals surface area contributed by atoms with Gasteiger partial charge in [0.15, 0.2) is 11.5 Å². The van der Waals surface area contributed by atoms with E-state index in [0.29, 0.717) is 24.7 Å². The van der Waals surface area contributed by atoms with Crippen LogP contribution < -0.4 is 14.2 Å². The molecule has 2 aromatic carbocycles. The van der Waals surface area contributed by atoms with Crippen molar-refractivity contribution in [3.8, 4) is 17.2 Å². The normalized spacial score (nSPS) is 10.6. The van der Waals surface area contributed by atoms with Crippen LogP contribution in [0.1, 0.15) is 11.1 Å². The van der Waals surface area contributed by atoms with Crippen LogP contribution in [-0.4, -0.2) is 31.4 Å². The van der Waals surface area contributed by atoms with Gasteiger partial charge in [-0.05, 0) is 42.3 Å². The highest BCUT2D eigenvalue weighted by atomic mass is 16.5. The maximum atomic E-state index is 10.6. The summed E-state index contributed by atoms with van der Waals surface area (Å²) in [6.45, 7) is 2.77. The van der Waals surface area contributed by atoms with Crippen molar-refractivity contribution in [3.63, 3.8) is 0 Å². The number of ether oxygens (including phenoxy) is 3. The monoisotopic (exact) mass is 328 g/mol. The molecule has 0 atom stereocenters. The van der Waals surface area contributed by atoms with Crippen LogP contribution in [0.5, 0.6) is 17.2 Å². The Labute approximate surface area is 141 Å². The number of aliphatic carboxylic acids is 1. The quantitative estimate of drug-likeness (QED) is 0.593. The van der Waals surface area contributed by atoms with Crippen LogP contribution in [0.25, 0.3) is 6.08 Å². The molecule has 126 valence electrons. The average molecular weight is 328 g/mol. The highest BCUT2D eigenvalue weighted by molar-refractivity contribution is 5.85. The van der Waals surface area contributed by atoms with Gasteiger partial charge in [0, 0.05) is 6.08 Å². The Morgan fingerprint density at radius 3 is 2.42 bits per heavy atom. The van der Waals surface area contributed by atoms with Gasteiger partial charge in [-0.25, -0.2) is 4.79 Å². The van der Waals surface area contributed by atoms with Crippen molar-refractivity contribution in [3.05, 3.63) is 59.7 Å². The topological polar surface area (TPSA) is 65.0 Å². The van der Waals surface area contributed by atoms with Crippen molar-refractivity contribution in [2.45, 2.75) is 6.92 Å². The predicted molar refractivity (Wildman–Crippen MR) is 91.8 cm³/mol. The standard InChI is InChI=1S/C19H20O5/c1-14-5-3-4-6-16(14)23-11-12-24-17-9-7-15(8-10-19(20)21)13-18(17)22-2/h3-10,13H,11-12H2,1-2H3,(H,20,21)/b10-8+. The van der Waals surface area contributed by atoms with Crippen molar-refractivity contribution in [1.29, 1.82) is 0 Å². The third-order valence-corrected chi connectivity index (χ3v) is 3.30. The number of carboxylic acids is 1. The van der Waals surface area contributed by atoms with Crippen molar-refractivity contribution in [2.24, 2.45) is 0 Å². The number of aryl methyl sites for hydroxylation is 1. The second kappa shape index (κ2) is 8.62. The van der Waals surface area contributed by atoms with Gasteiger partial charge in [0.25, 0.3) is 0 Å². The largest absolute Gasteiger partial charge is 0.493 e. The summed E-state index contributed by atoms with van der Waals surface area (Å²) in [5.41, 5.74) is 1.79. The number of hydrogen-bond donors (Lipinski definition) is 1. The van der Waals surface area contributed by atoms with E-state index in [1.165, 1.54) is 13.2 Å². The molecule has 1 N–H and O–H groups in total. The maximum absolute atomic E-state index is 10.6. The lowest BCUT2D eigenvalue weighted by Crippen LogP contribution is -2.10. The zero-order valence-electron chi connectivity index (χ0n) is 13.7. The Kier molecular flexibility index (Phi) is 6.25. The summed E-state index contributed by atoms with van der Waals surface area (Å²) in [5, 5.41) is 8.66. The first-order valence-electron chi connectivity index (χ1n) is 7.50. The summed E-state index contributed by atoms with van der Waals surface area (Å²) in [4.78, 5) is 10.6. The lowest BCUT2D eigenvalue weighted by atomic mass is 10.2.